The number of rotatable bonds is 11. The number of carbonyl (C=O) groups is 2. The topological polar surface area (TPSA) is 49.4 Å². The van der Waals surface area contributed by atoms with Crippen LogP contribution in [0.4, 0.5) is 4.39 Å². The van der Waals surface area contributed by atoms with Crippen LogP contribution in [-0.2, 0) is 21.9 Å². The fraction of sp³-hybridized carbons (Fsp3) is 0.440. The summed E-state index contributed by atoms with van der Waals surface area (Å²) in [5.41, 5.74) is 3.20. The fourth-order valence-corrected chi connectivity index (χ4v) is 4.24. The Bertz CT molecular complexity index is 857. The van der Waals surface area contributed by atoms with Gasteiger partial charge in [-0.1, -0.05) is 50.2 Å². The van der Waals surface area contributed by atoms with Gasteiger partial charge in [-0.2, -0.15) is 0 Å². The summed E-state index contributed by atoms with van der Waals surface area (Å²) in [5.74, 6) is 0.462. The maximum Gasteiger partial charge on any atom is 0.243 e. The maximum atomic E-state index is 13.3. The van der Waals surface area contributed by atoms with E-state index in [-0.39, 0.29) is 36.0 Å². The minimum Gasteiger partial charge on any atom is -0.352 e. The zero-order valence-electron chi connectivity index (χ0n) is 18.9. The van der Waals surface area contributed by atoms with E-state index in [1.165, 1.54) is 23.3 Å². The van der Waals surface area contributed by atoms with Gasteiger partial charge in [-0.25, -0.2) is 4.39 Å². The summed E-state index contributed by atoms with van der Waals surface area (Å²) in [6, 6.07) is 13.7. The van der Waals surface area contributed by atoms with Crippen LogP contribution in [0.5, 0.6) is 0 Å². The summed E-state index contributed by atoms with van der Waals surface area (Å²) in [6.07, 6.45) is 1.33. The van der Waals surface area contributed by atoms with Gasteiger partial charge in [0.1, 0.15) is 11.9 Å². The van der Waals surface area contributed by atoms with Gasteiger partial charge in [0.2, 0.25) is 11.8 Å². The monoisotopic (exact) mass is 444 g/mol. The van der Waals surface area contributed by atoms with Crippen LogP contribution in [0.2, 0.25) is 0 Å². The number of aryl methyl sites for hydroxylation is 1. The highest BCUT2D eigenvalue weighted by molar-refractivity contribution is 7.99. The number of nitrogens with one attached hydrogen (secondary N) is 1. The number of amides is 2. The van der Waals surface area contributed by atoms with Crippen molar-refractivity contribution in [3.05, 3.63) is 71.0 Å². The fourth-order valence-electron chi connectivity index (χ4n) is 3.25. The first-order chi connectivity index (χ1) is 14.8. The predicted molar refractivity (Wildman–Crippen MR) is 126 cm³/mol. The lowest BCUT2D eigenvalue weighted by atomic mass is 10.1. The van der Waals surface area contributed by atoms with Crippen molar-refractivity contribution in [2.75, 3.05) is 5.75 Å². The van der Waals surface area contributed by atoms with E-state index in [1.54, 1.807) is 28.8 Å². The molecule has 0 aromatic heterocycles. The largest absolute Gasteiger partial charge is 0.352 e. The van der Waals surface area contributed by atoms with Crippen LogP contribution in [-0.4, -0.2) is 34.6 Å². The Morgan fingerprint density at radius 2 is 1.74 bits per heavy atom. The molecule has 31 heavy (non-hydrogen) atoms. The standard InChI is InChI=1S/C25H33FN2O2S/c1-5-19(4)27-25(30)23(6-2)28(15-20-11-13-22(26)14-12-20)24(29)17-31-16-21-10-8-7-9-18(21)3/h7-14,19,23H,5-6,15-17H2,1-4H3,(H,27,30). The molecule has 0 fully saturated rings. The number of nitrogens with zero attached hydrogens (tertiary/aromatic N) is 1. The van der Waals surface area contributed by atoms with Crippen LogP contribution in [0, 0.1) is 12.7 Å². The molecule has 168 valence electrons. The minimum absolute atomic E-state index is 0.0414. The van der Waals surface area contributed by atoms with E-state index in [0.29, 0.717) is 6.42 Å². The number of hydrogen-bond acceptors (Lipinski definition) is 3. The smallest absolute Gasteiger partial charge is 0.243 e. The lowest BCUT2D eigenvalue weighted by Gasteiger charge is -2.31. The lowest BCUT2D eigenvalue weighted by Crippen LogP contribution is -2.51. The molecule has 2 aromatic carbocycles. The Balaban J connectivity index is 2.14. The molecule has 2 atom stereocenters. The molecule has 2 aromatic rings. The average molecular weight is 445 g/mol. The Kier molecular flexibility index (Phi) is 10.0. The van der Waals surface area contributed by atoms with Crippen LogP contribution in [0.1, 0.15) is 50.3 Å². The van der Waals surface area contributed by atoms with Gasteiger partial charge < -0.3 is 10.2 Å². The molecule has 0 spiro atoms. The Hall–Kier alpha value is -2.34. The second-order valence-electron chi connectivity index (χ2n) is 7.81. The molecule has 2 unspecified atom stereocenters. The molecule has 0 aliphatic carbocycles. The van der Waals surface area contributed by atoms with Crippen molar-refractivity contribution in [2.45, 2.75) is 64.9 Å². The van der Waals surface area contributed by atoms with Gasteiger partial charge in [-0.05, 0) is 55.5 Å². The molecule has 6 heteroatoms. The average Bonchev–Trinajstić information content (AvgIpc) is 2.76. The van der Waals surface area contributed by atoms with Gasteiger partial charge in [0, 0.05) is 18.3 Å². The van der Waals surface area contributed by atoms with Crippen molar-refractivity contribution in [2.24, 2.45) is 0 Å². The molecule has 0 saturated heterocycles. The first kappa shape index (κ1) is 24.9. The minimum atomic E-state index is -0.564. The van der Waals surface area contributed by atoms with E-state index in [9.17, 15) is 14.0 Å². The first-order valence-electron chi connectivity index (χ1n) is 10.8. The molecule has 0 saturated carbocycles. The van der Waals surface area contributed by atoms with Crippen LogP contribution in [0.25, 0.3) is 0 Å². The molecular formula is C25H33FN2O2S. The number of thioether (sulfide) groups is 1. The zero-order valence-corrected chi connectivity index (χ0v) is 19.7. The summed E-state index contributed by atoms with van der Waals surface area (Å²) >= 11 is 1.55. The molecular weight excluding hydrogens is 411 g/mol. The van der Waals surface area contributed by atoms with Crippen LogP contribution in [0.3, 0.4) is 0 Å². The number of benzene rings is 2. The highest BCUT2D eigenvalue weighted by Gasteiger charge is 2.29. The summed E-state index contributed by atoms with van der Waals surface area (Å²) in [7, 11) is 0. The Morgan fingerprint density at radius 3 is 2.35 bits per heavy atom. The molecule has 0 bridgehead atoms. The number of hydrogen-bond donors (Lipinski definition) is 1. The SMILES string of the molecule is CCC(C)NC(=O)C(CC)N(Cc1ccc(F)cc1)C(=O)CSCc1ccccc1C. The quantitative estimate of drug-likeness (QED) is 0.525. The molecule has 1 N–H and O–H groups in total. The van der Waals surface area contributed by atoms with E-state index in [4.69, 9.17) is 0 Å². The second kappa shape index (κ2) is 12.5. The van der Waals surface area contributed by atoms with Gasteiger partial charge in [0.25, 0.3) is 0 Å². The molecule has 0 radical (unpaired) electrons. The number of halogens is 1. The highest BCUT2D eigenvalue weighted by Crippen LogP contribution is 2.19. The molecule has 2 rings (SSSR count). The predicted octanol–water partition coefficient (Wildman–Crippen LogP) is 5.09. The van der Waals surface area contributed by atoms with Crippen molar-refractivity contribution in [3.8, 4) is 0 Å². The van der Waals surface area contributed by atoms with Gasteiger partial charge in [0.15, 0.2) is 0 Å². The molecule has 0 aliphatic rings. The van der Waals surface area contributed by atoms with E-state index >= 15 is 0 Å². The van der Waals surface area contributed by atoms with E-state index in [1.807, 2.05) is 32.9 Å². The Morgan fingerprint density at radius 1 is 1.06 bits per heavy atom. The van der Waals surface area contributed by atoms with Gasteiger partial charge in [0.05, 0.1) is 5.75 Å². The molecule has 0 aliphatic heterocycles. The van der Waals surface area contributed by atoms with E-state index in [2.05, 4.69) is 24.4 Å². The van der Waals surface area contributed by atoms with Crippen molar-refractivity contribution < 1.29 is 14.0 Å². The third kappa shape index (κ3) is 7.69. The maximum absolute atomic E-state index is 13.3. The van der Waals surface area contributed by atoms with E-state index in [0.717, 1.165) is 17.7 Å². The van der Waals surface area contributed by atoms with Crippen LogP contribution < -0.4 is 5.32 Å². The van der Waals surface area contributed by atoms with Gasteiger partial charge in [-0.15, -0.1) is 11.8 Å². The molecule has 0 heterocycles. The first-order valence-corrected chi connectivity index (χ1v) is 12.0. The summed E-state index contributed by atoms with van der Waals surface area (Å²) in [5, 5.41) is 3.00. The normalized spacial score (nSPS) is 12.8. The highest BCUT2D eigenvalue weighted by atomic mass is 32.2. The third-order valence-electron chi connectivity index (χ3n) is 5.40. The summed E-state index contributed by atoms with van der Waals surface area (Å²) in [6.45, 7) is 8.21. The molecule has 4 nitrogen and oxygen atoms in total. The van der Waals surface area contributed by atoms with Gasteiger partial charge >= 0.3 is 0 Å². The zero-order chi connectivity index (χ0) is 22.8. The summed E-state index contributed by atoms with van der Waals surface area (Å²) < 4.78 is 13.3. The van der Waals surface area contributed by atoms with Crippen LogP contribution >= 0.6 is 11.8 Å². The van der Waals surface area contributed by atoms with Crippen LogP contribution in [0.15, 0.2) is 48.5 Å². The van der Waals surface area contributed by atoms with Gasteiger partial charge in [-0.3, -0.25) is 9.59 Å². The van der Waals surface area contributed by atoms with Crippen molar-refractivity contribution in [1.29, 1.82) is 0 Å². The van der Waals surface area contributed by atoms with E-state index < -0.39 is 6.04 Å². The number of carbonyl (C=O) groups excluding carboxylic acids is 2. The van der Waals surface area contributed by atoms with Crippen molar-refractivity contribution >= 4 is 23.6 Å². The van der Waals surface area contributed by atoms with Crippen molar-refractivity contribution in [1.82, 2.24) is 10.2 Å². The molecule has 2 amide bonds. The summed E-state index contributed by atoms with van der Waals surface area (Å²) in [4.78, 5) is 27.7. The van der Waals surface area contributed by atoms with Crippen molar-refractivity contribution in [3.63, 3.8) is 0 Å². The second-order valence-corrected chi connectivity index (χ2v) is 8.79. The lowest BCUT2D eigenvalue weighted by molar-refractivity contribution is -0.139. The third-order valence-corrected chi connectivity index (χ3v) is 6.36. The Labute approximate surface area is 189 Å².